The second kappa shape index (κ2) is 40.0. The summed E-state index contributed by atoms with van der Waals surface area (Å²) in [6.45, 7) is 17.1. The molecule has 5 aliphatic heterocycles. The van der Waals surface area contributed by atoms with Crippen LogP contribution < -0.4 is 34.6 Å². The number of thiol groups is 1. The number of carbonyl (C=O) groups excluding carboxylic acids is 1. The van der Waals surface area contributed by atoms with E-state index < -0.39 is 48.6 Å². The molecule has 5 saturated heterocycles. The molecule has 4 N–H and O–H groups in total. The predicted octanol–water partition coefficient (Wildman–Crippen LogP) is 18.6. The molecular weight excluding hydrogens is 1610 g/mol. The quantitative estimate of drug-likeness (QED) is 0.0450. The number of carbonyl (C=O) groups is 1. The zero-order valence-electron chi connectivity index (χ0n) is 57.5. The summed E-state index contributed by atoms with van der Waals surface area (Å²) in [7, 11) is 3.69. The maximum Gasteiger partial charge on any atom is 0.0366 e. The van der Waals surface area contributed by atoms with E-state index >= 15 is 0 Å². The van der Waals surface area contributed by atoms with Gasteiger partial charge in [-0.05, 0) is 249 Å². The molecule has 0 unspecified atom stereocenters. The van der Waals surface area contributed by atoms with Gasteiger partial charge in [0.05, 0.1) is 27.7 Å². The van der Waals surface area contributed by atoms with Crippen LogP contribution in [0.5, 0.6) is 17.2 Å². The zero-order chi connectivity index (χ0) is 72.1. The van der Waals surface area contributed by atoms with Gasteiger partial charge in [-0.2, -0.15) is 11.3 Å². The maximum atomic E-state index is 13.9. The smallest absolute Gasteiger partial charge is 0.0366 e. The van der Waals surface area contributed by atoms with Crippen LogP contribution in [-0.2, 0) is 29.7 Å². The number of benzene rings is 6. The molecule has 537 valence electrons. The van der Waals surface area contributed by atoms with Crippen molar-refractivity contribution in [3.05, 3.63) is 206 Å². The minimum absolute atomic E-state index is 0. The number of hydrogen-bond acceptors (Lipinski definition) is 18. The normalized spacial score (nSPS) is 15.3. The Kier molecular flexibility index (Phi) is 32.0. The van der Waals surface area contributed by atoms with E-state index in [1.54, 1.807) is 57.6 Å². The second-order valence-corrected chi connectivity index (χ2v) is 31.9. The second-order valence-electron chi connectivity index (χ2n) is 25.3. The van der Waals surface area contributed by atoms with E-state index in [1.165, 1.54) is 169 Å². The van der Waals surface area contributed by atoms with E-state index in [-0.39, 0.29) is 31.7 Å². The Bertz CT molecular complexity index is 4170. The van der Waals surface area contributed by atoms with Gasteiger partial charge in [-0.1, -0.05) is 70.5 Å². The number of halogens is 4. The van der Waals surface area contributed by atoms with Gasteiger partial charge in [-0.3, -0.25) is 4.79 Å². The van der Waals surface area contributed by atoms with Crippen molar-refractivity contribution < 1.29 is 68.3 Å². The van der Waals surface area contributed by atoms with Crippen molar-refractivity contribution in [1.29, 1.82) is 0 Å². The number of phenols is 2. The molecular formula is C76H83B3Br2F2N5O8PdS5. The number of nitrogens with zero attached hydrogens (tertiary/aromatic N) is 5. The maximum absolute atomic E-state index is 13.9. The summed E-state index contributed by atoms with van der Waals surface area (Å²) >= 11 is 16.6. The van der Waals surface area contributed by atoms with Crippen molar-refractivity contribution in [2.24, 2.45) is 4.30 Å². The van der Waals surface area contributed by atoms with Crippen molar-refractivity contribution in [3.8, 4) is 59.0 Å². The number of ether oxygens (including phenoxy) is 1. The molecule has 0 amide bonds. The minimum atomic E-state index is -1.30. The Morgan fingerprint density at radius 2 is 0.941 bits per heavy atom. The third-order valence-corrected chi connectivity index (χ3v) is 23.2. The summed E-state index contributed by atoms with van der Waals surface area (Å²) in [6.07, 6.45) is 11.0. The third kappa shape index (κ3) is 22.8. The molecule has 0 atom stereocenters. The number of hydrogen-bond donors (Lipinski definition) is 5. The van der Waals surface area contributed by atoms with E-state index in [9.17, 15) is 23.8 Å². The molecule has 26 heteroatoms. The van der Waals surface area contributed by atoms with Gasteiger partial charge >= 0.3 is 39.0 Å². The zero-order valence-corrected chi connectivity index (χ0v) is 66.4. The van der Waals surface area contributed by atoms with Crippen LogP contribution in [-0.4, -0.2) is 119 Å². The SMILES string of the molecule is Brc1ccc(-c2ccc(N3CCCC3)cc2)s1.Brc1ccc(N2CCCC2)cc1.CC1(C)OB(c2cc(F)c(O)c(C=O)c2)OC1(C)C.COc1cc(-c2ccc(-c3ccc(N4CCCC4)cc3)s2)cc(F)c1O.OB(O)c1cccs1.[B]=NS.[Pd].c1csc(-c2ccc(N3CCCC3)cc2)c1. The van der Waals surface area contributed by atoms with Crippen molar-refractivity contribution >= 4 is 151 Å². The first kappa shape index (κ1) is 81.7. The van der Waals surface area contributed by atoms with Crippen molar-refractivity contribution in [1.82, 2.24) is 0 Å². The topological polar surface area (TPSA) is 151 Å². The summed E-state index contributed by atoms with van der Waals surface area (Å²) < 4.78 is 49.6. The molecule has 1 radical (unpaired) electrons. The van der Waals surface area contributed by atoms with Gasteiger partial charge in [0.15, 0.2) is 35.2 Å². The summed E-state index contributed by atoms with van der Waals surface area (Å²) in [4.78, 5) is 25.3. The van der Waals surface area contributed by atoms with Gasteiger partial charge in [0.25, 0.3) is 0 Å². The Hall–Kier alpha value is -5.94. The molecule has 4 aromatic heterocycles. The van der Waals surface area contributed by atoms with E-state index in [0.717, 1.165) is 38.9 Å². The van der Waals surface area contributed by atoms with Gasteiger partial charge < -0.3 is 53.9 Å². The first-order valence-corrected chi connectivity index (χ1v) is 38.8. The Labute approximate surface area is 652 Å². The molecule has 0 saturated carbocycles. The Morgan fingerprint density at radius 1 is 0.549 bits per heavy atom. The number of rotatable bonds is 12. The van der Waals surface area contributed by atoms with E-state index in [2.05, 4.69) is 203 Å². The van der Waals surface area contributed by atoms with E-state index in [4.69, 9.17) is 24.1 Å². The van der Waals surface area contributed by atoms with Gasteiger partial charge in [-0.25, -0.2) is 8.78 Å². The fraction of sp³-hybridized carbons (Fsp3) is 0.303. The van der Waals surface area contributed by atoms with Crippen LogP contribution in [0.3, 0.4) is 0 Å². The fourth-order valence-corrected chi connectivity index (χ4v) is 15.8. The molecule has 0 spiro atoms. The van der Waals surface area contributed by atoms with Crippen LogP contribution in [0.15, 0.2) is 193 Å². The van der Waals surface area contributed by atoms with Gasteiger partial charge in [0, 0.05) is 124 Å². The summed E-state index contributed by atoms with van der Waals surface area (Å²) in [5.41, 5.74) is 9.00. The predicted molar refractivity (Wildman–Crippen MR) is 431 cm³/mol. The largest absolute Gasteiger partial charge is 0.372 e. The van der Waals surface area contributed by atoms with Crippen LogP contribution >= 0.6 is 90.0 Å². The number of phenolic OH excluding ortho intramolecular Hbond substituents is 2. The van der Waals surface area contributed by atoms with Crippen LogP contribution in [0.1, 0.15) is 89.4 Å². The third-order valence-electron chi connectivity index (χ3n) is 18.0. The van der Waals surface area contributed by atoms with Crippen LogP contribution in [0.2, 0.25) is 0 Å². The fourth-order valence-electron chi connectivity index (χ4n) is 11.8. The summed E-state index contributed by atoms with van der Waals surface area (Å²) in [5, 5.41) is 39.9. The van der Waals surface area contributed by atoms with Gasteiger partial charge in [-0.15, -0.1) is 34.0 Å². The number of methoxy groups -OCH3 is 1. The summed E-state index contributed by atoms with van der Waals surface area (Å²) in [6, 6.07) is 56.6. The molecule has 0 aliphatic carbocycles. The minimum Gasteiger partial charge on any atom is -0.372 e. The van der Waals surface area contributed by atoms with E-state index in [0.29, 0.717) is 22.1 Å². The van der Waals surface area contributed by atoms with Gasteiger partial charge in [0.1, 0.15) is 0 Å². The monoisotopic (exact) mass is 1690 g/mol. The molecule has 6 aromatic carbocycles. The molecule has 9 heterocycles. The number of anilines is 4. The first-order chi connectivity index (χ1) is 48.7. The molecule has 5 aliphatic rings. The average Bonchev–Trinajstić information content (AvgIpc) is 1.62. The van der Waals surface area contributed by atoms with Gasteiger partial charge in [0.2, 0.25) is 0 Å². The average molecular weight is 1690 g/mol. The number of thiophene rings is 4. The summed E-state index contributed by atoms with van der Waals surface area (Å²) in [5.74, 6) is -2.51. The molecule has 13 nitrogen and oxygen atoms in total. The van der Waals surface area contributed by atoms with Crippen molar-refractivity contribution in [2.75, 3.05) is 79.1 Å². The standard InChI is InChI=1S/C21H20FNO2S.C14H14BrNS.C14H15NS.C13H16BFO4.C10H12BrN.C4H5BO2S.BHNS.Pd/c1-25-18-13-15(12-17(22)21(18)24)20-9-8-19(26-20)14-4-6-16(7-5-14)23-10-2-3-11-23;15-14-8-7-13(17-14)11-3-5-12(6-4-11)16-9-1-2-10-16;1-2-10-15(9-1)13-7-5-12(6-8-13)14-4-3-11-16-14;1-12(2)13(3,4)19-14(18-12)9-5-8(7-16)11(17)10(15)6-9;11-9-3-5-10(6-4-9)12-7-1-2-8-12;6-5(7)4-2-1-3-8-4;1-2-3;/h4-9,12-13,24H,2-3,10-11H2,1H3;3-8H,1-2,9-10H2;3-8,11H,1-2,9-10H2;5-7,17H,1-4H3;3-6H,1-2,7-8H2;1-3,6-7H;3H;. The molecule has 5 fully saturated rings. The van der Waals surface area contributed by atoms with Crippen molar-refractivity contribution in [3.63, 3.8) is 0 Å². The van der Waals surface area contributed by atoms with Crippen LogP contribution in [0.25, 0.3) is 41.8 Å². The number of aldehydes is 1. The molecule has 15 rings (SSSR count). The molecule has 102 heavy (non-hydrogen) atoms. The molecule has 10 aromatic rings. The molecule has 0 bridgehead atoms. The number of aromatic hydroxyl groups is 2. The van der Waals surface area contributed by atoms with Crippen molar-refractivity contribution in [2.45, 2.75) is 90.3 Å². The Morgan fingerprint density at radius 3 is 1.31 bits per heavy atom. The first-order valence-electron chi connectivity index (χ1n) is 33.5. The van der Waals surface area contributed by atoms with E-state index in [1.807, 2.05) is 39.8 Å². The Balaban J connectivity index is 0.000000158. The van der Waals surface area contributed by atoms with Crippen LogP contribution in [0.4, 0.5) is 31.5 Å². The van der Waals surface area contributed by atoms with Crippen LogP contribution in [0, 0.1) is 11.6 Å².